The molecule has 0 aliphatic carbocycles. The van der Waals surface area contributed by atoms with Gasteiger partial charge in [0.25, 0.3) is 5.91 Å². The number of hydrogen-bond donors (Lipinski definition) is 2. The first-order valence-corrected chi connectivity index (χ1v) is 5.40. The normalized spacial score (nSPS) is 10.4. The van der Waals surface area contributed by atoms with E-state index in [1.807, 2.05) is 0 Å². The number of benzene rings is 1. The summed E-state index contributed by atoms with van der Waals surface area (Å²) in [5, 5.41) is 6.51. The van der Waals surface area contributed by atoms with Gasteiger partial charge in [0.05, 0.1) is 22.6 Å². The molecule has 0 aliphatic heterocycles. The van der Waals surface area contributed by atoms with Crippen LogP contribution in [0.1, 0.15) is 10.5 Å². The Bertz CT molecular complexity index is 592. The fourth-order valence-electron chi connectivity index (χ4n) is 1.50. The summed E-state index contributed by atoms with van der Waals surface area (Å²) in [6.45, 7) is 0. The average molecular weight is 269 g/mol. The largest absolute Gasteiger partial charge is 0.396 e. The SMILES string of the molecule is Cn1ncc(N)c1C(=O)Nc1ccc(F)cc1Cl. The van der Waals surface area contributed by atoms with Crippen molar-refractivity contribution in [3.63, 3.8) is 0 Å². The fraction of sp³-hybridized carbons (Fsp3) is 0.0909. The van der Waals surface area contributed by atoms with E-state index in [0.29, 0.717) is 5.69 Å². The van der Waals surface area contributed by atoms with Gasteiger partial charge >= 0.3 is 0 Å². The zero-order valence-electron chi connectivity index (χ0n) is 9.45. The molecule has 18 heavy (non-hydrogen) atoms. The van der Waals surface area contributed by atoms with E-state index in [9.17, 15) is 9.18 Å². The first-order valence-electron chi connectivity index (χ1n) is 5.03. The van der Waals surface area contributed by atoms with Crippen molar-refractivity contribution in [2.45, 2.75) is 0 Å². The fourth-order valence-corrected chi connectivity index (χ4v) is 1.72. The van der Waals surface area contributed by atoms with Crippen molar-refractivity contribution in [1.29, 1.82) is 0 Å². The molecule has 3 N–H and O–H groups in total. The van der Waals surface area contributed by atoms with Crippen molar-refractivity contribution in [3.05, 3.63) is 40.9 Å². The number of rotatable bonds is 2. The molecular formula is C11H10ClFN4O. The van der Waals surface area contributed by atoms with Gasteiger partial charge in [0.15, 0.2) is 0 Å². The van der Waals surface area contributed by atoms with E-state index >= 15 is 0 Å². The van der Waals surface area contributed by atoms with Gasteiger partial charge in [-0.05, 0) is 18.2 Å². The smallest absolute Gasteiger partial charge is 0.276 e. The van der Waals surface area contributed by atoms with E-state index in [4.69, 9.17) is 17.3 Å². The Morgan fingerprint density at radius 1 is 1.56 bits per heavy atom. The maximum atomic E-state index is 12.9. The first-order chi connectivity index (χ1) is 8.49. The van der Waals surface area contributed by atoms with Gasteiger partial charge in [-0.25, -0.2) is 4.39 Å². The van der Waals surface area contributed by atoms with Crippen molar-refractivity contribution in [2.24, 2.45) is 7.05 Å². The number of hydrogen-bond acceptors (Lipinski definition) is 3. The first kappa shape index (κ1) is 12.4. The van der Waals surface area contributed by atoms with Gasteiger partial charge in [0.1, 0.15) is 11.5 Å². The third-order valence-corrected chi connectivity index (χ3v) is 2.67. The van der Waals surface area contributed by atoms with Crippen molar-refractivity contribution >= 4 is 28.9 Å². The Morgan fingerprint density at radius 2 is 2.28 bits per heavy atom. The van der Waals surface area contributed by atoms with Gasteiger partial charge in [0, 0.05) is 7.05 Å². The molecule has 0 saturated carbocycles. The molecule has 1 heterocycles. The van der Waals surface area contributed by atoms with E-state index in [1.54, 1.807) is 7.05 Å². The summed E-state index contributed by atoms with van der Waals surface area (Å²) in [6, 6.07) is 3.69. The van der Waals surface area contributed by atoms with E-state index < -0.39 is 11.7 Å². The second-order valence-corrected chi connectivity index (χ2v) is 4.06. The van der Waals surface area contributed by atoms with Gasteiger partial charge in [0.2, 0.25) is 0 Å². The predicted octanol–water partition coefficient (Wildman–Crippen LogP) is 2.05. The summed E-state index contributed by atoms with van der Waals surface area (Å²) in [6.07, 6.45) is 1.38. The number of aryl methyl sites for hydroxylation is 1. The molecule has 0 saturated heterocycles. The molecule has 0 spiro atoms. The summed E-state index contributed by atoms with van der Waals surface area (Å²) in [4.78, 5) is 11.9. The van der Waals surface area contributed by atoms with E-state index in [1.165, 1.54) is 23.0 Å². The predicted molar refractivity (Wildman–Crippen MR) is 67.0 cm³/mol. The molecular weight excluding hydrogens is 259 g/mol. The molecule has 7 heteroatoms. The lowest BCUT2D eigenvalue weighted by atomic mass is 10.3. The number of carbonyl (C=O) groups excluding carboxylic acids is 1. The van der Waals surface area contributed by atoms with Crippen LogP contribution < -0.4 is 11.1 Å². The molecule has 94 valence electrons. The molecule has 2 rings (SSSR count). The maximum absolute atomic E-state index is 12.9. The third-order valence-electron chi connectivity index (χ3n) is 2.36. The molecule has 1 amide bonds. The Morgan fingerprint density at radius 3 is 2.83 bits per heavy atom. The van der Waals surface area contributed by atoms with E-state index in [-0.39, 0.29) is 16.4 Å². The number of carbonyl (C=O) groups is 1. The van der Waals surface area contributed by atoms with Crippen LogP contribution in [0.15, 0.2) is 24.4 Å². The second-order valence-electron chi connectivity index (χ2n) is 3.65. The van der Waals surface area contributed by atoms with Crippen LogP contribution >= 0.6 is 11.6 Å². The van der Waals surface area contributed by atoms with Gasteiger partial charge in [-0.1, -0.05) is 11.6 Å². The number of aromatic nitrogens is 2. The lowest BCUT2D eigenvalue weighted by molar-refractivity contribution is 0.101. The number of nitrogen functional groups attached to an aromatic ring is 1. The number of nitrogens with zero attached hydrogens (tertiary/aromatic N) is 2. The van der Waals surface area contributed by atoms with Gasteiger partial charge < -0.3 is 11.1 Å². The number of nitrogens with one attached hydrogen (secondary N) is 1. The van der Waals surface area contributed by atoms with Crippen molar-refractivity contribution in [1.82, 2.24) is 9.78 Å². The van der Waals surface area contributed by atoms with Crippen LogP contribution in [0.3, 0.4) is 0 Å². The minimum atomic E-state index is -0.474. The molecule has 1 aromatic heterocycles. The number of nitrogens with two attached hydrogens (primary N) is 1. The highest BCUT2D eigenvalue weighted by Crippen LogP contribution is 2.23. The minimum absolute atomic E-state index is 0.115. The summed E-state index contributed by atoms with van der Waals surface area (Å²) in [5.74, 6) is -0.931. The summed E-state index contributed by atoms with van der Waals surface area (Å²) in [7, 11) is 1.59. The summed E-state index contributed by atoms with van der Waals surface area (Å²) < 4.78 is 14.2. The Hall–Kier alpha value is -2.08. The lowest BCUT2D eigenvalue weighted by Crippen LogP contribution is -2.17. The molecule has 5 nitrogen and oxygen atoms in total. The van der Waals surface area contributed by atoms with Crippen LogP contribution in [0, 0.1) is 5.82 Å². The molecule has 1 aromatic carbocycles. The van der Waals surface area contributed by atoms with Gasteiger partial charge in [-0.3, -0.25) is 9.48 Å². The summed E-state index contributed by atoms with van der Waals surface area (Å²) in [5.41, 5.74) is 6.41. The Labute approximate surface area is 107 Å². The van der Waals surface area contributed by atoms with Crippen LogP contribution in [-0.2, 0) is 7.05 Å². The quantitative estimate of drug-likeness (QED) is 0.875. The molecule has 0 radical (unpaired) electrons. The zero-order valence-corrected chi connectivity index (χ0v) is 10.2. The molecule has 0 bridgehead atoms. The summed E-state index contributed by atoms with van der Waals surface area (Å²) >= 11 is 5.81. The van der Waals surface area contributed by atoms with Crippen LogP contribution in [0.5, 0.6) is 0 Å². The van der Waals surface area contributed by atoms with Gasteiger partial charge in [-0.2, -0.15) is 5.10 Å². The van der Waals surface area contributed by atoms with Crippen molar-refractivity contribution in [2.75, 3.05) is 11.1 Å². The Balaban J connectivity index is 2.27. The third kappa shape index (κ3) is 2.28. The average Bonchev–Trinajstić information content (AvgIpc) is 2.62. The monoisotopic (exact) mass is 268 g/mol. The standard InChI is InChI=1S/C11H10ClFN4O/c1-17-10(8(14)5-15-17)11(18)16-9-3-2-6(13)4-7(9)12/h2-5H,14H2,1H3,(H,16,18). The maximum Gasteiger partial charge on any atom is 0.276 e. The molecule has 2 aromatic rings. The molecule has 0 fully saturated rings. The lowest BCUT2D eigenvalue weighted by Gasteiger charge is -2.08. The van der Waals surface area contributed by atoms with Gasteiger partial charge in [-0.15, -0.1) is 0 Å². The van der Waals surface area contributed by atoms with Crippen molar-refractivity contribution in [3.8, 4) is 0 Å². The topological polar surface area (TPSA) is 72.9 Å². The van der Waals surface area contributed by atoms with Crippen LogP contribution in [0.4, 0.5) is 15.8 Å². The molecule has 0 atom stereocenters. The minimum Gasteiger partial charge on any atom is -0.396 e. The number of halogens is 2. The van der Waals surface area contributed by atoms with E-state index in [0.717, 1.165) is 6.07 Å². The zero-order chi connectivity index (χ0) is 13.3. The van der Waals surface area contributed by atoms with Crippen molar-refractivity contribution < 1.29 is 9.18 Å². The molecule has 0 aliphatic rings. The Kier molecular flexibility index (Phi) is 3.20. The molecule has 0 unspecified atom stereocenters. The highest BCUT2D eigenvalue weighted by Gasteiger charge is 2.16. The van der Waals surface area contributed by atoms with E-state index in [2.05, 4.69) is 10.4 Å². The highest BCUT2D eigenvalue weighted by atomic mass is 35.5. The van der Waals surface area contributed by atoms with Crippen LogP contribution in [0.25, 0.3) is 0 Å². The number of amides is 1. The van der Waals surface area contributed by atoms with Crippen LogP contribution in [0.2, 0.25) is 5.02 Å². The second kappa shape index (κ2) is 4.66. The van der Waals surface area contributed by atoms with Crippen LogP contribution in [-0.4, -0.2) is 15.7 Å². The highest BCUT2D eigenvalue weighted by molar-refractivity contribution is 6.34. The number of anilines is 2.